The van der Waals surface area contributed by atoms with E-state index in [1.807, 2.05) is 28.8 Å². The Morgan fingerprint density at radius 3 is 2.70 bits per heavy atom. The zero-order valence-corrected chi connectivity index (χ0v) is 18.7. The fourth-order valence-electron chi connectivity index (χ4n) is 2.85. The Morgan fingerprint density at radius 1 is 1.27 bits per heavy atom. The molecule has 0 aliphatic heterocycles. The van der Waals surface area contributed by atoms with Crippen LogP contribution in [0.5, 0.6) is 0 Å². The van der Waals surface area contributed by atoms with Crippen LogP contribution in [0.15, 0.2) is 71.2 Å². The van der Waals surface area contributed by atoms with Crippen LogP contribution in [0.3, 0.4) is 0 Å². The number of carbonyl (C=O) groups excluding carboxylic acids is 1. The lowest BCUT2D eigenvalue weighted by Crippen LogP contribution is -2.24. The van der Waals surface area contributed by atoms with Gasteiger partial charge in [-0.2, -0.15) is 0 Å². The number of hydrogen-bond acceptors (Lipinski definition) is 5. The van der Waals surface area contributed by atoms with Crippen LogP contribution in [0, 0.1) is 0 Å². The molecule has 3 aromatic rings. The Kier molecular flexibility index (Phi) is 6.64. The van der Waals surface area contributed by atoms with Crippen molar-refractivity contribution in [3.05, 3.63) is 61.2 Å². The van der Waals surface area contributed by atoms with Gasteiger partial charge in [0, 0.05) is 26.3 Å². The predicted molar refractivity (Wildman–Crippen MR) is 121 cm³/mol. The van der Waals surface area contributed by atoms with Crippen LogP contribution in [0.2, 0.25) is 0 Å². The first-order chi connectivity index (χ1) is 14.2. The minimum absolute atomic E-state index is 0.124. The van der Waals surface area contributed by atoms with Crippen molar-refractivity contribution >= 4 is 44.4 Å². The van der Waals surface area contributed by atoms with Crippen molar-refractivity contribution in [2.45, 2.75) is 28.8 Å². The number of nitrogens with one attached hydrogen (secondary N) is 1. The summed E-state index contributed by atoms with van der Waals surface area (Å²) in [6, 6.07) is 14.0. The first-order valence-corrected chi connectivity index (χ1v) is 11.6. The summed E-state index contributed by atoms with van der Waals surface area (Å²) in [4.78, 5) is 17.5. The molecule has 1 heterocycles. The first kappa shape index (κ1) is 22.1. The Morgan fingerprint density at radius 2 is 2.00 bits per heavy atom. The van der Waals surface area contributed by atoms with Crippen LogP contribution in [-0.2, 0) is 21.4 Å². The van der Waals surface area contributed by atoms with Gasteiger partial charge in [-0.1, -0.05) is 36.0 Å². The van der Waals surface area contributed by atoms with E-state index in [0.29, 0.717) is 12.2 Å². The third kappa shape index (κ3) is 4.58. The van der Waals surface area contributed by atoms with Gasteiger partial charge in [-0.3, -0.25) is 4.79 Å². The lowest BCUT2D eigenvalue weighted by atomic mass is 10.3. The summed E-state index contributed by atoms with van der Waals surface area (Å²) in [5.41, 5.74) is 2.26. The van der Waals surface area contributed by atoms with Gasteiger partial charge in [0.15, 0.2) is 5.16 Å². The van der Waals surface area contributed by atoms with Crippen molar-refractivity contribution < 1.29 is 13.2 Å². The number of benzene rings is 2. The molecule has 0 saturated carbocycles. The van der Waals surface area contributed by atoms with Crippen molar-refractivity contribution in [2.75, 3.05) is 19.4 Å². The molecule has 0 bridgehead atoms. The molecular weight excluding hydrogens is 420 g/mol. The highest BCUT2D eigenvalue weighted by Gasteiger charge is 2.21. The molecule has 0 aliphatic carbocycles. The zero-order valence-electron chi connectivity index (χ0n) is 17.1. The highest BCUT2D eigenvalue weighted by Crippen LogP contribution is 2.28. The largest absolute Gasteiger partial charge is 0.325 e. The summed E-state index contributed by atoms with van der Waals surface area (Å²) >= 11 is 1.34. The number of amides is 1. The maximum atomic E-state index is 12.7. The zero-order chi connectivity index (χ0) is 21.9. The third-order valence-corrected chi connectivity index (χ3v) is 7.36. The average Bonchev–Trinajstić information content (AvgIpc) is 3.05. The van der Waals surface area contributed by atoms with Gasteiger partial charge in [-0.15, -0.1) is 6.58 Å². The number of imidazole rings is 1. The maximum Gasteiger partial charge on any atom is 0.242 e. The Labute approximate surface area is 180 Å². The number of sulfonamides is 1. The van der Waals surface area contributed by atoms with E-state index in [1.54, 1.807) is 25.1 Å². The lowest BCUT2D eigenvalue weighted by molar-refractivity contribution is -0.115. The number of aromatic nitrogens is 2. The normalized spacial score (nSPS) is 12.8. The van der Waals surface area contributed by atoms with Crippen molar-refractivity contribution in [3.63, 3.8) is 0 Å². The molecule has 0 unspecified atom stereocenters. The topological polar surface area (TPSA) is 84.3 Å². The molecule has 30 heavy (non-hydrogen) atoms. The van der Waals surface area contributed by atoms with E-state index in [9.17, 15) is 13.2 Å². The number of para-hydroxylation sites is 2. The first-order valence-electron chi connectivity index (χ1n) is 9.30. The maximum absolute atomic E-state index is 12.7. The molecule has 158 valence electrons. The number of carbonyl (C=O) groups is 1. The van der Waals surface area contributed by atoms with Crippen LogP contribution in [0.25, 0.3) is 11.0 Å². The van der Waals surface area contributed by atoms with Crippen LogP contribution < -0.4 is 5.32 Å². The average molecular weight is 445 g/mol. The highest BCUT2D eigenvalue weighted by atomic mass is 32.2. The van der Waals surface area contributed by atoms with Crippen LogP contribution >= 0.6 is 11.8 Å². The molecule has 0 radical (unpaired) electrons. The van der Waals surface area contributed by atoms with Gasteiger partial charge in [0.05, 0.1) is 21.2 Å². The van der Waals surface area contributed by atoms with Gasteiger partial charge < -0.3 is 9.88 Å². The number of hydrogen-bond donors (Lipinski definition) is 1. The molecule has 1 N–H and O–H groups in total. The van der Waals surface area contributed by atoms with Gasteiger partial charge in [0.25, 0.3) is 0 Å². The predicted octanol–water partition coefficient (Wildman–Crippen LogP) is 3.59. The van der Waals surface area contributed by atoms with E-state index in [0.717, 1.165) is 20.5 Å². The molecule has 0 fully saturated rings. The molecule has 0 saturated heterocycles. The van der Waals surface area contributed by atoms with Gasteiger partial charge in [-0.25, -0.2) is 17.7 Å². The monoisotopic (exact) mass is 444 g/mol. The summed E-state index contributed by atoms with van der Waals surface area (Å²) < 4.78 is 27.8. The molecule has 9 heteroatoms. The molecule has 0 aliphatic rings. The molecule has 3 rings (SSSR count). The fourth-order valence-corrected chi connectivity index (χ4v) is 4.73. The number of nitrogens with zero attached hydrogens (tertiary/aromatic N) is 3. The van der Waals surface area contributed by atoms with Crippen molar-refractivity contribution in [3.8, 4) is 0 Å². The van der Waals surface area contributed by atoms with E-state index in [4.69, 9.17) is 0 Å². The molecule has 7 nitrogen and oxygen atoms in total. The number of thioether (sulfide) groups is 1. The second kappa shape index (κ2) is 9.03. The summed E-state index contributed by atoms with van der Waals surface area (Å²) in [7, 11) is -0.643. The Hall–Kier alpha value is -2.62. The van der Waals surface area contributed by atoms with Crippen LogP contribution in [0.4, 0.5) is 5.69 Å². The van der Waals surface area contributed by atoms with Crippen molar-refractivity contribution in [1.29, 1.82) is 0 Å². The fraction of sp³-hybridized carbons (Fsp3) is 0.238. The van der Waals surface area contributed by atoms with Gasteiger partial charge in [0.1, 0.15) is 0 Å². The number of fused-ring (bicyclic) bond motifs is 1. The third-order valence-electron chi connectivity index (χ3n) is 4.46. The van der Waals surface area contributed by atoms with E-state index in [2.05, 4.69) is 16.9 Å². The second-order valence-corrected chi connectivity index (χ2v) is 10.3. The molecular formula is C21H24N4O3S2. The number of rotatable bonds is 8. The molecule has 1 aromatic heterocycles. The minimum atomic E-state index is -3.58. The van der Waals surface area contributed by atoms with Crippen molar-refractivity contribution in [1.82, 2.24) is 13.9 Å². The van der Waals surface area contributed by atoms with Gasteiger partial charge >= 0.3 is 0 Å². The second-order valence-electron chi connectivity index (χ2n) is 6.85. The summed E-state index contributed by atoms with van der Waals surface area (Å²) in [6.07, 6.45) is 1.79. The summed E-state index contributed by atoms with van der Waals surface area (Å²) in [5.74, 6) is -0.239. The molecule has 0 spiro atoms. The van der Waals surface area contributed by atoms with Crippen LogP contribution in [0.1, 0.15) is 6.92 Å². The molecule has 1 atom stereocenters. The van der Waals surface area contributed by atoms with E-state index in [1.165, 1.54) is 38.0 Å². The van der Waals surface area contributed by atoms with E-state index >= 15 is 0 Å². The molecule has 1 amide bonds. The molecule has 2 aromatic carbocycles. The minimum Gasteiger partial charge on any atom is -0.325 e. The van der Waals surface area contributed by atoms with E-state index in [-0.39, 0.29) is 10.8 Å². The standard InChI is InChI=1S/C21H24N4O3S2/c1-5-13-25-19-12-7-6-11-18(19)23-21(25)29-15(2)20(26)22-16-9-8-10-17(14-16)30(27,28)24(3)4/h5-12,14-15H,1,13H2,2-4H3,(H,22,26)/t15-/m1/s1. The Balaban J connectivity index is 1.79. The number of allylic oxidation sites excluding steroid dienone is 1. The van der Waals surface area contributed by atoms with Gasteiger partial charge in [0.2, 0.25) is 15.9 Å². The SMILES string of the molecule is C=CCn1c(S[C@H](C)C(=O)Nc2cccc(S(=O)(=O)N(C)C)c2)nc2ccccc21. The lowest BCUT2D eigenvalue weighted by Gasteiger charge is -2.15. The van der Waals surface area contributed by atoms with E-state index < -0.39 is 15.3 Å². The smallest absolute Gasteiger partial charge is 0.242 e. The highest BCUT2D eigenvalue weighted by molar-refractivity contribution is 8.00. The summed E-state index contributed by atoms with van der Waals surface area (Å²) in [5, 5.41) is 3.08. The quantitative estimate of drug-likeness (QED) is 0.424. The summed E-state index contributed by atoms with van der Waals surface area (Å²) in [6.45, 7) is 6.18. The van der Waals surface area contributed by atoms with Crippen LogP contribution in [-0.4, -0.2) is 47.5 Å². The van der Waals surface area contributed by atoms with Crippen molar-refractivity contribution in [2.24, 2.45) is 0 Å². The number of anilines is 1. The van der Waals surface area contributed by atoms with Gasteiger partial charge in [-0.05, 0) is 37.3 Å². The Bertz CT molecular complexity index is 1190.